The van der Waals surface area contributed by atoms with E-state index in [4.69, 9.17) is 9.57 Å². The first kappa shape index (κ1) is 42.1. The van der Waals surface area contributed by atoms with Crippen LogP contribution in [-0.4, -0.2) is 110 Å². The van der Waals surface area contributed by atoms with Gasteiger partial charge in [0.1, 0.15) is 17.9 Å². The van der Waals surface area contributed by atoms with Crippen molar-refractivity contribution in [3.05, 3.63) is 83.4 Å². The van der Waals surface area contributed by atoms with E-state index in [-0.39, 0.29) is 42.5 Å². The number of fused-ring (bicyclic) bond motifs is 2. The number of rotatable bonds is 15. The monoisotopic (exact) mass is 795 g/mol. The van der Waals surface area contributed by atoms with Gasteiger partial charge in [-0.2, -0.15) is 5.06 Å². The maximum Gasteiger partial charge on any atom is 0.251 e. The molecule has 2 saturated heterocycles. The zero-order valence-corrected chi connectivity index (χ0v) is 35.5. The number of aliphatic hydroxyl groups is 2. The number of amides is 2. The Hall–Kier alpha value is -4.00. The van der Waals surface area contributed by atoms with Crippen LogP contribution in [0.4, 0.5) is 5.69 Å². The largest absolute Gasteiger partial charge is 0.496 e. The van der Waals surface area contributed by atoms with Gasteiger partial charge in [0.05, 0.1) is 26.4 Å². The molecule has 11 nitrogen and oxygen atoms in total. The number of carbonyl (C=O) groups excluding carboxylic acids is 2. The summed E-state index contributed by atoms with van der Waals surface area (Å²) in [5.41, 5.74) is 5.27. The molecular formula is C47H65N5O6. The van der Waals surface area contributed by atoms with Crippen LogP contribution in [0, 0.1) is 29.1 Å². The highest BCUT2D eigenvalue weighted by atomic mass is 16.7. The van der Waals surface area contributed by atoms with Gasteiger partial charge < -0.3 is 35.4 Å². The van der Waals surface area contributed by atoms with Gasteiger partial charge in [0, 0.05) is 61.0 Å². The van der Waals surface area contributed by atoms with Gasteiger partial charge in [0.25, 0.3) is 5.91 Å². The van der Waals surface area contributed by atoms with E-state index in [1.165, 1.54) is 24.8 Å². The predicted octanol–water partition coefficient (Wildman–Crippen LogP) is 5.53. The van der Waals surface area contributed by atoms with E-state index in [0.717, 1.165) is 54.9 Å². The SMILES string of the molecule is COc1c(CN2O[C@@H](CO)[C@@H]([C@H](C)O)[C@H]2C(=O)N[C@H]2C[C@H]3C[C@@H]([C@@H]2C)C3(C)C)cccc1-c1cc(C(=O)N[C@@H](Cc2ccccc2)CN2CCCC2)cc(N(C)C)c1. The normalized spacial score (nSPS) is 27.7. The summed E-state index contributed by atoms with van der Waals surface area (Å²) in [6.07, 6.45) is 3.58. The molecule has 5 aliphatic rings. The Bertz CT molecular complexity index is 1900. The first-order chi connectivity index (χ1) is 27.8. The van der Waals surface area contributed by atoms with Crippen LogP contribution in [0.25, 0.3) is 11.1 Å². The van der Waals surface area contributed by atoms with Crippen LogP contribution in [0.15, 0.2) is 66.7 Å². The van der Waals surface area contributed by atoms with Gasteiger partial charge in [-0.25, -0.2) is 0 Å². The number of benzene rings is 3. The molecule has 8 rings (SSSR count). The number of hydrogen-bond acceptors (Lipinski definition) is 9. The van der Waals surface area contributed by atoms with E-state index in [1.807, 2.05) is 67.5 Å². The summed E-state index contributed by atoms with van der Waals surface area (Å²) in [5, 5.41) is 29.8. The topological polar surface area (TPSA) is 127 Å². The van der Waals surface area contributed by atoms with Crippen molar-refractivity contribution >= 4 is 17.5 Å². The molecule has 3 aromatic carbocycles. The number of methoxy groups -OCH3 is 1. The third kappa shape index (κ3) is 8.66. The highest BCUT2D eigenvalue weighted by molar-refractivity contribution is 5.97. The summed E-state index contributed by atoms with van der Waals surface area (Å²) in [6.45, 7) is 11.3. The van der Waals surface area contributed by atoms with Gasteiger partial charge in [-0.1, -0.05) is 69.3 Å². The minimum Gasteiger partial charge on any atom is -0.496 e. The number of anilines is 1. The summed E-state index contributed by atoms with van der Waals surface area (Å²) in [6, 6.07) is 21.2. The molecule has 314 valence electrons. The summed E-state index contributed by atoms with van der Waals surface area (Å²) in [4.78, 5) is 39.3. The maximum absolute atomic E-state index is 14.3. The number of nitrogens with zero attached hydrogens (tertiary/aromatic N) is 3. The van der Waals surface area contributed by atoms with Crippen LogP contribution >= 0.6 is 0 Å². The van der Waals surface area contributed by atoms with Crippen molar-refractivity contribution in [1.82, 2.24) is 20.6 Å². The van der Waals surface area contributed by atoms with Crippen LogP contribution in [0.1, 0.15) is 74.9 Å². The number of nitrogens with one attached hydrogen (secondary N) is 2. The van der Waals surface area contributed by atoms with Crippen molar-refractivity contribution in [2.45, 2.75) is 96.7 Å². The molecule has 4 N–H and O–H groups in total. The number of para-hydroxylation sites is 1. The van der Waals surface area contributed by atoms with Crippen molar-refractivity contribution in [3.63, 3.8) is 0 Å². The van der Waals surface area contributed by atoms with E-state index in [1.54, 1.807) is 19.1 Å². The zero-order chi connectivity index (χ0) is 41.3. The van der Waals surface area contributed by atoms with Gasteiger partial charge in [-0.3, -0.25) is 14.4 Å². The molecule has 3 saturated carbocycles. The number of likely N-dealkylation sites (tertiary alicyclic amines) is 1. The van der Waals surface area contributed by atoms with E-state index < -0.39 is 24.2 Å². The molecule has 2 heterocycles. The molecule has 0 unspecified atom stereocenters. The molecule has 0 spiro atoms. The Morgan fingerprint density at radius 2 is 1.78 bits per heavy atom. The van der Waals surface area contributed by atoms with Crippen molar-refractivity contribution in [2.75, 3.05) is 52.3 Å². The fraction of sp³-hybridized carbons (Fsp3) is 0.574. The first-order valence-corrected chi connectivity index (χ1v) is 21.4. The fourth-order valence-corrected chi connectivity index (χ4v) is 10.6. The van der Waals surface area contributed by atoms with E-state index >= 15 is 0 Å². The minimum atomic E-state index is -0.900. The second kappa shape index (κ2) is 17.7. The van der Waals surface area contributed by atoms with E-state index in [0.29, 0.717) is 29.1 Å². The molecule has 3 aromatic rings. The third-order valence-corrected chi connectivity index (χ3v) is 14.0. The molecule has 11 heteroatoms. The third-order valence-electron chi connectivity index (χ3n) is 14.0. The van der Waals surface area contributed by atoms with Crippen LogP contribution < -0.4 is 20.3 Å². The number of hydrogen-bond donors (Lipinski definition) is 4. The lowest BCUT2D eigenvalue weighted by Crippen LogP contribution is -2.62. The Labute approximate surface area is 345 Å². The van der Waals surface area contributed by atoms with Gasteiger partial charge in [0.15, 0.2) is 0 Å². The highest BCUT2D eigenvalue weighted by Crippen LogP contribution is 2.61. The molecular weight excluding hydrogens is 731 g/mol. The van der Waals surface area contributed by atoms with Crippen molar-refractivity contribution in [2.24, 2.45) is 29.1 Å². The van der Waals surface area contributed by atoms with Crippen LogP contribution in [0.2, 0.25) is 0 Å². The Morgan fingerprint density at radius 1 is 1.03 bits per heavy atom. The number of aliphatic hydroxyl groups excluding tert-OH is 2. The molecule has 2 bridgehead atoms. The standard InChI is InChI=1S/C47H65N5O6/c1-29-39-24-35(47(39,3)4)25-40(29)49-46(56)43-42(30(2)54)41(28-53)58-52(43)26-32-16-13-17-38(44(32)57-7)33-21-34(23-37(22-33)50(5)6)45(55)48-36(27-51-18-11-12-19-51)20-31-14-9-8-10-15-31/h8-10,13-17,21-23,29-30,35-36,39-43,53-54H,11-12,18-20,24-28H2,1-7H3,(H,48,55)(H,49,56)/t29-,30-,35+,36-,39-,40-,41-,42+,43-/m0/s1. The van der Waals surface area contributed by atoms with Gasteiger partial charge in [0.2, 0.25) is 5.91 Å². The molecule has 2 amide bonds. The Balaban J connectivity index is 1.16. The molecule has 2 aliphatic heterocycles. The fourth-order valence-electron chi connectivity index (χ4n) is 10.6. The zero-order valence-electron chi connectivity index (χ0n) is 35.5. The minimum absolute atomic E-state index is 0.0380. The molecule has 0 radical (unpaired) electrons. The highest BCUT2D eigenvalue weighted by Gasteiger charge is 2.57. The first-order valence-electron chi connectivity index (χ1n) is 21.4. The van der Waals surface area contributed by atoms with Crippen molar-refractivity contribution in [1.29, 1.82) is 0 Å². The summed E-state index contributed by atoms with van der Waals surface area (Å²) >= 11 is 0. The van der Waals surface area contributed by atoms with Crippen molar-refractivity contribution < 1.29 is 29.4 Å². The summed E-state index contributed by atoms with van der Waals surface area (Å²) in [7, 11) is 5.55. The Morgan fingerprint density at radius 3 is 2.41 bits per heavy atom. The number of hydroxylamine groups is 2. The lowest BCUT2D eigenvalue weighted by molar-refractivity contribution is -0.183. The number of carbonyl (C=O) groups is 2. The van der Waals surface area contributed by atoms with Crippen molar-refractivity contribution in [3.8, 4) is 16.9 Å². The van der Waals surface area contributed by atoms with Gasteiger partial charge in [-0.05, 0) is 105 Å². The molecule has 9 atom stereocenters. The van der Waals surface area contributed by atoms with Crippen LogP contribution in [-0.2, 0) is 22.6 Å². The molecule has 3 aliphatic carbocycles. The van der Waals surface area contributed by atoms with Crippen LogP contribution in [0.5, 0.6) is 5.75 Å². The second-order valence-corrected chi connectivity index (χ2v) is 18.3. The summed E-state index contributed by atoms with van der Waals surface area (Å²) in [5.74, 6) is 1.08. The Kier molecular flexibility index (Phi) is 12.9. The predicted molar refractivity (Wildman–Crippen MR) is 227 cm³/mol. The lowest BCUT2D eigenvalue weighted by Gasteiger charge is -2.62. The lowest BCUT2D eigenvalue weighted by atomic mass is 9.45. The average molecular weight is 796 g/mol. The second-order valence-electron chi connectivity index (χ2n) is 18.3. The molecule has 0 aromatic heterocycles. The number of ether oxygens (including phenoxy) is 1. The van der Waals surface area contributed by atoms with E-state index in [2.05, 4.69) is 54.5 Å². The van der Waals surface area contributed by atoms with Gasteiger partial charge >= 0.3 is 0 Å². The van der Waals surface area contributed by atoms with Gasteiger partial charge in [-0.15, -0.1) is 0 Å². The molecule has 5 fully saturated rings. The summed E-state index contributed by atoms with van der Waals surface area (Å²) < 4.78 is 6.14. The van der Waals surface area contributed by atoms with Crippen LogP contribution in [0.3, 0.4) is 0 Å². The molecule has 58 heavy (non-hydrogen) atoms. The quantitative estimate of drug-likeness (QED) is 0.157. The smallest absolute Gasteiger partial charge is 0.251 e. The average Bonchev–Trinajstić information content (AvgIpc) is 3.86. The maximum atomic E-state index is 14.3. The van der Waals surface area contributed by atoms with E-state index in [9.17, 15) is 19.8 Å².